The van der Waals surface area contributed by atoms with Gasteiger partial charge in [0.1, 0.15) is 5.78 Å². The van der Waals surface area contributed by atoms with E-state index in [0.717, 1.165) is 41.2 Å². The number of carbonyl (C=O) groups is 3. The molecule has 1 fully saturated rings. The Kier molecular flexibility index (Phi) is 9.28. The Morgan fingerprint density at radius 2 is 2.00 bits per heavy atom. The second kappa shape index (κ2) is 11.7. The Morgan fingerprint density at radius 1 is 1.21 bits per heavy atom. The summed E-state index contributed by atoms with van der Waals surface area (Å²) in [6.45, 7) is 2.63. The van der Waals surface area contributed by atoms with E-state index < -0.39 is 5.97 Å². The molecule has 1 aliphatic rings. The van der Waals surface area contributed by atoms with E-state index in [1.54, 1.807) is 11.8 Å². The first kappa shape index (κ1) is 22.2. The van der Waals surface area contributed by atoms with Crippen molar-refractivity contribution >= 4 is 29.4 Å². The Bertz CT molecular complexity index is 729. The fraction of sp³-hybridized carbons (Fsp3) is 0.500. The predicted molar refractivity (Wildman–Crippen MR) is 112 cm³/mol. The van der Waals surface area contributed by atoms with Crippen LogP contribution in [0, 0.1) is 6.92 Å². The summed E-state index contributed by atoms with van der Waals surface area (Å²) in [4.78, 5) is 37.0. The van der Waals surface area contributed by atoms with Crippen LogP contribution in [0.1, 0.15) is 49.7 Å². The van der Waals surface area contributed by atoms with Gasteiger partial charge in [0.05, 0.1) is 0 Å². The maximum atomic E-state index is 12.4. The molecule has 5 nitrogen and oxygen atoms in total. The summed E-state index contributed by atoms with van der Waals surface area (Å²) >= 11 is 1.67. The lowest BCUT2D eigenvalue weighted by atomic mass is 10.0. The van der Waals surface area contributed by atoms with E-state index in [4.69, 9.17) is 5.11 Å². The minimum atomic E-state index is -0.771. The van der Waals surface area contributed by atoms with E-state index in [2.05, 4.69) is 0 Å². The highest BCUT2D eigenvalue weighted by molar-refractivity contribution is 7.99. The number of benzene rings is 1. The van der Waals surface area contributed by atoms with Crippen LogP contribution >= 0.6 is 11.8 Å². The average molecular weight is 404 g/mol. The molecule has 1 N–H and O–H groups in total. The number of amides is 1. The number of ketones is 1. The first-order chi connectivity index (χ1) is 13.5. The number of hydrogen-bond donors (Lipinski definition) is 1. The lowest BCUT2D eigenvalue weighted by molar-refractivity contribution is -0.137. The maximum Gasteiger partial charge on any atom is 0.303 e. The van der Waals surface area contributed by atoms with Crippen molar-refractivity contribution < 1.29 is 19.5 Å². The smallest absolute Gasteiger partial charge is 0.303 e. The number of carboxylic acids is 1. The number of aliphatic carboxylic acids is 1. The van der Waals surface area contributed by atoms with E-state index in [1.165, 1.54) is 0 Å². The van der Waals surface area contributed by atoms with E-state index in [9.17, 15) is 14.4 Å². The van der Waals surface area contributed by atoms with Gasteiger partial charge in [0.15, 0.2) is 0 Å². The Labute approximate surface area is 171 Å². The molecular weight excluding hydrogens is 374 g/mol. The van der Waals surface area contributed by atoms with Crippen molar-refractivity contribution in [3.8, 4) is 0 Å². The number of likely N-dealkylation sites (tertiary alicyclic amines) is 1. The van der Waals surface area contributed by atoms with E-state index >= 15 is 0 Å². The summed E-state index contributed by atoms with van der Waals surface area (Å²) in [6.07, 6.45) is 5.73. The monoisotopic (exact) mass is 403 g/mol. The highest BCUT2D eigenvalue weighted by atomic mass is 32.2. The Morgan fingerprint density at radius 3 is 2.75 bits per heavy atom. The van der Waals surface area contributed by atoms with Crippen molar-refractivity contribution in [2.45, 2.75) is 51.9 Å². The summed E-state index contributed by atoms with van der Waals surface area (Å²) in [5, 5.41) is 8.66. The van der Waals surface area contributed by atoms with Gasteiger partial charge in [0.2, 0.25) is 5.91 Å². The molecule has 1 aromatic rings. The average Bonchev–Trinajstić information content (AvgIpc) is 2.66. The molecule has 0 atom stereocenters. The number of carbonyl (C=O) groups excluding carboxylic acids is 2. The first-order valence-corrected chi connectivity index (χ1v) is 11.0. The van der Waals surface area contributed by atoms with Gasteiger partial charge in [0, 0.05) is 43.7 Å². The lowest BCUT2D eigenvalue weighted by Crippen LogP contribution is -2.35. The van der Waals surface area contributed by atoms with Gasteiger partial charge in [0.25, 0.3) is 0 Å². The van der Waals surface area contributed by atoms with Gasteiger partial charge < -0.3 is 10.0 Å². The van der Waals surface area contributed by atoms with Gasteiger partial charge in [-0.15, -0.1) is 0 Å². The number of rotatable bonds is 11. The summed E-state index contributed by atoms with van der Waals surface area (Å²) in [5.74, 6) is 1.06. The minimum Gasteiger partial charge on any atom is -0.481 e. The molecule has 1 heterocycles. The zero-order valence-corrected chi connectivity index (χ0v) is 17.3. The number of piperidine rings is 1. The molecule has 1 aliphatic heterocycles. The Hall–Kier alpha value is -2.08. The number of thioether (sulfide) groups is 1. The summed E-state index contributed by atoms with van der Waals surface area (Å²) in [7, 11) is 0. The van der Waals surface area contributed by atoms with Crippen LogP contribution in [0.3, 0.4) is 0 Å². The van der Waals surface area contributed by atoms with Gasteiger partial charge in [-0.1, -0.05) is 30.3 Å². The first-order valence-electron chi connectivity index (χ1n) is 9.82. The van der Waals surface area contributed by atoms with Crippen LogP contribution in [0.5, 0.6) is 0 Å². The molecule has 152 valence electrons. The van der Waals surface area contributed by atoms with E-state index in [0.29, 0.717) is 32.2 Å². The van der Waals surface area contributed by atoms with Crippen molar-refractivity contribution in [2.24, 2.45) is 0 Å². The standard InChI is InChI=1S/C22H29NO4S/c1-17-6-2-3-7-18(17)16-20(24)12-11-19-8-4-9-21(25)23(19)13-15-28-14-5-10-22(26)27/h2-3,6-7,11H,4-5,8-10,12-16H2,1H3,(H,26,27). The van der Waals surface area contributed by atoms with Gasteiger partial charge in [-0.05, 0) is 43.1 Å². The third-order valence-electron chi connectivity index (χ3n) is 4.82. The van der Waals surface area contributed by atoms with Crippen LogP contribution in [0.2, 0.25) is 0 Å². The van der Waals surface area contributed by atoms with Crippen LogP contribution in [0.25, 0.3) is 0 Å². The fourth-order valence-electron chi connectivity index (χ4n) is 3.24. The minimum absolute atomic E-state index is 0.120. The summed E-state index contributed by atoms with van der Waals surface area (Å²) in [6, 6.07) is 7.91. The van der Waals surface area contributed by atoms with Crippen LogP contribution in [0.15, 0.2) is 36.0 Å². The van der Waals surface area contributed by atoms with Crippen molar-refractivity contribution in [3.05, 3.63) is 47.2 Å². The zero-order chi connectivity index (χ0) is 20.4. The molecule has 6 heteroatoms. The van der Waals surface area contributed by atoms with Crippen molar-refractivity contribution in [2.75, 3.05) is 18.1 Å². The third kappa shape index (κ3) is 7.50. The molecular formula is C22H29NO4S. The Balaban J connectivity index is 1.84. The van der Waals surface area contributed by atoms with Crippen LogP contribution < -0.4 is 0 Å². The molecule has 28 heavy (non-hydrogen) atoms. The molecule has 0 radical (unpaired) electrons. The number of hydrogen-bond acceptors (Lipinski definition) is 4. The van der Waals surface area contributed by atoms with Gasteiger partial charge in [-0.3, -0.25) is 14.4 Å². The molecule has 1 aromatic carbocycles. The van der Waals surface area contributed by atoms with Gasteiger partial charge in [-0.2, -0.15) is 11.8 Å². The molecule has 2 rings (SSSR count). The zero-order valence-electron chi connectivity index (χ0n) is 16.5. The lowest BCUT2D eigenvalue weighted by Gasteiger charge is -2.30. The summed E-state index contributed by atoms with van der Waals surface area (Å²) < 4.78 is 0. The second-order valence-electron chi connectivity index (χ2n) is 7.05. The number of carboxylic acid groups (broad SMARTS) is 1. The summed E-state index contributed by atoms with van der Waals surface area (Å²) in [5.41, 5.74) is 3.14. The molecule has 0 bridgehead atoms. The molecule has 0 aliphatic carbocycles. The molecule has 1 amide bonds. The van der Waals surface area contributed by atoms with Crippen LogP contribution in [0.4, 0.5) is 0 Å². The van der Waals surface area contributed by atoms with Gasteiger partial charge in [-0.25, -0.2) is 0 Å². The highest BCUT2D eigenvalue weighted by Gasteiger charge is 2.22. The quantitative estimate of drug-likeness (QED) is 0.566. The molecule has 0 saturated carbocycles. The fourth-order valence-corrected chi connectivity index (χ4v) is 4.10. The highest BCUT2D eigenvalue weighted by Crippen LogP contribution is 2.23. The van der Waals surface area contributed by atoms with Crippen molar-refractivity contribution in [3.63, 3.8) is 0 Å². The topological polar surface area (TPSA) is 74.7 Å². The maximum absolute atomic E-state index is 12.4. The molecule has 1 saturated heterocycles. The molecule has 0 unspecified atom stereocenters. The number of aryl methyl sites for hydroxylation is 1. The normalized spacial score (nSPS) is 15.8. The largest absolute Gasteiger partial charge is 0.481 e. The molecule has 0 spiro atoms. The van der Waals surface area contributed by atoms with E-state index in [-0.39, 0.29) is 18.1 Å². The van der Waals surface area contributed by atoms with Crippen LogP contribution in [-0.4, -0.2) is 45.7 Å². The molecule has 0 aromatic heterocycles. The van der Waals surface area contributed by atoms with Gasteiger partial charge >= 0.3 is 5.97 Å². The second-order valence-corrected chi connectivity index (χ2v) is 8.27. The number of allylic oxidation sites excluding steroid dienone is 2. The van der Waals surface area contributed by atoms with Crippen molar-refractivity contribution in [1.82, 2.24) is 4.90 Å². The number of nitrogens with zero attached hydrogens (tertiary/aromatic N) is 1. The van der Waals surface area contributed by atoms with Crippen molar-refractivity contribution in [1.29, 1.82) is 0 Å². The van der Waals surface area contributed by atoms with Crippen LogP contribution in [-0.2, 0) is 20.8 Å². The third-order valence-corrected chi connectivity index (χ3v) is 5.87. The predicted octanol–water partition coefficient (Wildman–Crippen LogP) is 3.99. The van der Waals surface area contributed by atoms with E-state index in [1.807, 2.05) is 42.2 Å². The number of Topliss-reactive ketones (excluding diaryl/α,β-unsaturated/α-hetero) is 1. The SMILES string of the molecule is Cc1ccccc1CC(=O)CC=C1CCCC(=O)N1CCSCCCC(=O)O.